The molecular formula is C14H14F2N2S. The van der Waals surface area contributed by atoms with Gasteiger partial charge in [0.25, 0.3) is 0 Å². The number of halogens is 2. The molecule has 2 aromatic rings. The number of thiazole rings is 1. The van der Waals surface area contributed by atoms with Gasteiger partial charge in [-0.15, -0.1) is 11.3 Å². The molecule has 2 heterocycles. The number of hydrogen-bond acceptors (Lipinski definition) is 3. The summed E-state index contributed by atoms with van der Waals surface area (Å²) in [5.74, 6) is -0.477. The minimum Gasteiger partial charge on any atom is -0.316 e. The van der Waals surface area contributed by atoms with Gasteiger partial charge in [0.1, 0.15) is 11.6 Å². The summed E-state index contributed by atoms with van der Waals surface area (Å²) in [6.45, 7) is 1.96. The van der Waals surface area contributed by atoms with E-state index in [1.807, 2.05) is 5.38 Å². The van der Waals surface area contributed by atoms with Crippen molar-refractivity contribution in [1.82, 2.24) is 10.3 Å². The predicted octanol–water partition coefficient (Wildman–Crippen LogP) is 3.56. The Hall–Kier alpha value is -1.33. The van der Waals surface area contributed by atoms with Gasteiger partial charge in [0, 0.05) is 23.4 Å². The van der Waals surface area contributed by atoms with Crippen LogP contribution in [0.25, 0.3) is 11.3 Å². The normalized spacial score (nSPS) is 19.6. The van der Waals surface area contributed by atoms with Crippen LogP contribution in [0.2, 0.25) is 0 Å². The Bertz CT molecular complexity index is 577. The molecule has 1 N–H and O–H groups in total. The van der Waals surface area contributed by atoms with Gasteiger partial charge >= 0.3 is 0 Å². The SMILES string of the molecule is Fc1ccc(F)c(-c2csc(C3CCCNC3)n2)c1. The minimum absolute atomic E-state index is 0.242. The van der Waals surface area contributed by atoms with Crippen molar-refractivity contribution in [2.75, 3.05) is 13.1 Å². The molecule has 19 heavy (non-hydrogen) atoms. The molecule has 5 heteroatoms. The maximum Gasteiger partial charge on any atom is 0.132 e. The Labute approximate surface area is 114 Å². The van der Waals surface area contributed by atoms with E-state index in [4.69, 9.17) is 0 Å². The molecule has 1 aromatic carbocycles. The zero-order valence-corrected chi connectivity index (χ0v) is 11.1. The quantitative estimate of drug-likeness (QED) is 0.910. The van der Waals surface area contributed by atoms with Gasteiger partial charge in [0.15, 0.2) is 0 Å². The Balaban J connectivity index is 1.89. The summed E-state index contributed by atoms with van der Waals surface area (Å²) in [4.78, 5) is 4.48. The number of piperidine rings is 1. The highest BCUT2D eigenvalue weighted by Gasteiger charge is 2.19. The molecule has 0 spiro atoms. The van der Waals surface area contributed by atoms with Crippen LogP contribution in [0.3, 0.4) is 0 Å². The zero-order chi connectivity index (χ0) is 13.2. The van der Waals surface area contributed by atoms with Crippen molar-refractivity contribution >= 4 is 11.3 Å². The highest BCUT2D eigenvalue weighted by Crippen LogP contribution is 2.31. The topological polar surface area (TPSA) is 24.9 Å². The molecule has 100 valence electrons. The molecule has 2 nitrogen and oxygen atoms in total. The summed E-state index contributed by atoms with van der Waals surface area (Å²) in [7, 11) is 0. The highest BCUT2D eigenvalue weighted by molar-refractivity contribution is 7.10. The standard InChI is InChI=1S/C14H14F2N2S/c15-10-3-4-12(16)11(6-10)13-8-19-14(18-13)9-2-1-5-17-7-9/h3-4,6,8-9,17H,1-2,5,7H2. The Morgan fingerprint density at radius 3 is 3.00 bits per heavy atom. The van der Waals surface area contributed by atoms with Crippen LogP contribution in [0.4, 0.5) is 8.78 Å². The first-order chi connectivity index (χ1) is 9.24. The molecule has 1 unspecified atom stereocenters. The minimum atomic E-state index is -0.440. The van der Waals surface area contributed by atoms with E-state index >= 15 is 0 Å². The van der Waals surface area contributed by atoms with E-state index in [9.17, 15) is 8.78 Å². The number of rotatable bonds is 2. The predicted molar refractivity (Wildman–Crippen MR) is 72.3 cm³/mol. The molecule has 0 saturated carbocycles. The van der Waals surface area contributed by atoms with Crippen LogP contribution in [0.1, 0.15) is 23.8 Å². The van der Waals surface area contributed by atoms with E-state index in [1.54, 1.807) is 0 Å². The van der Waals surface area contributed by atoms with Crippen molar-refractivity contribution in [3.05, 3.63) is 40.2 Å². The van der Waals surface area contributed by atoms with Gasteiger partial charge in [-0.3, -0.25) is 0 Å². The van der Waals surface area contributed by atoms with E-state index in [-0.39, 0.29) is 5.56 Å². The summed E-state index contributed by atoms with van der Waals surface area (Å²) in [5.41, 5.74) is 0.772. The molecule has 0 bridgehead atoms. The maximum atomic E-state index is 13.7. The van der Waals surface area contributed by atoms with Gasteiger partial charge < -0.3 is 5.32 Å². The average Bonchev–Trinajstić information content (AvgIpc) is 2.92. The fourth-order valence-corrected chi connectivity index (χ4v) is 3.31. The van der Waals surface area contributed by atoms with Crippen molar-refractivity contribution in [2.24, 2.45) is 0 Å². The van der Waals surface area contributed by atoms with Crippen molar-refractivity contribution in [2.45, 2.75) is 18.8 Å². The summed E-state index contributed by atoms with van der Waals surface area (Å²) in [6.07, 6.45) is 2.24. The van der Waals surface area contributed by atoms with Gasteiger partial charge in [-0.1, -0.05) is 0 Å². The number of nitrogens with zero attached hydrogens (tertiary/aromatic N) is 1. The fraction of sp³-hybridized carbons (Fsp3) is 0.357. The fourth-order valence-electron chi connectivity index (χ4n) is 2.36. The lowest BCUT2D eigenvalue weighted by Crippen LogP contribution is -2.28. The third-order valence-electron chi connectivity index (χ3n) is 3.37. The van der Waals surface area contributed by atoms with Crippen molar-refractivity contribution in [3.63, 3.8) is 0 Å². The lowest BCUT2D eigenvalue weighted by Gasteiger charge is -2.20. The summed E-state index contributed by atoms with van der Waals surface area (Å²) >= 11 is 1.53. The molecule has 1 atom stereocenters. The first-order valence-corrected chi connectivity index (χ1v) is 7.23. The largest absolute Gasteiger partial charge is 0.316 e. The molecule has 3 rings (SSSR count). The average molecular weight is 280 g/mol. The molecule has 1 aliphatic rings. The molecule has 1 aliphatic heterocycles. The van der Waals surface area contributed by atoms with Crippen LogP contribution in [0.5, 0.6) is 0 Å². The first kappa shape index (κ1) is 12.7. The van der Waals surface area contributed by atoms with Crippen molar-refractivity contribution < 1.29 is 8.78 Å². The van der Waals surface area contributed by atoms with E-state index in [1.165, 1.54) is 17.4 Å². The lowest BCUT2D eigenvalue weighted by molar-refractivity contribution is 0.460. The van der Waals surface area contributed by atoms with Gasteiger partial charge in [-0.2, -0.15) is 0 Å². The summed E-state index contributed by atoms with van der Waals surface area (Å²) in [5, 5.41) is 6.15. The van der Waals surface area contributed by atoms with Crippen LogP contribution in [-0.2, 0) is 0 Å². The molecule has 1 saturated heterocycles. The van der Waals surface area contributed by atoms with Crippen LogP contribution in [0, 0.1) is 11.6 Å². The van der Waals surface area contributed by atoms with Crippen LogP contribution >= 0.6 is 11.3 Å². The van der Waals surface area contributed by atoms with Crippen LogP contribution in [0.15, 0.2) is 23.6 Å². The first-order valence-electron chi connectivity index (χ1n) is 6.35. The molecular weight excluding hydrogens is 266 g/mol. The Morgan fingerprint density at radius 1 is 1.32 bits per heavy atom. The monoisotopic (exact) mass is 280 g/mol. The Kier molecular flexibility index (Phi) is 3.57. The number of nitrogens with one attached hydrogen (secondary N) is 1. The summed E-state index contributed by atoms with van der Waals surface area (Å²) in [6, 6.07) is 3.47. The van der Waals surface area contributed by atoms with Crippen LogP contribution in [-0.4, -0.2) is 18.1 Å². The summed E-state index contributed by atoms with van der Waals surface area (Å²) < 4.78 is 26.9. The van der Waals surface area contributed by atoms with E-state index in [0.29, 0.717) is 11.6 Å². The highest BCUT2D eigenvalue weighted by atomic mass is 32.1. The van der Waals surface area contributed by atoms with Crippen LogP contribution < -0.4 is 5.32 Å². The van der Waals surface area contributed by atoms with E-state index in [2.05, 4.69) is 10.3 Å². The third-order valence-corrected chi connectivity index (χ3v) is 4.38. The number of hydrogen-bond donors (Lipinski definition) is 1. The lowest BCUT2D eigenvalue weighted by atomic mass is 10.0. The van der Waals surface area contributed by atoms with Gasteiger partial charge in [-0.05, 0) is 37.6 Å². The van der Waals surface area contributed by atoms with Crippen molar-refractivity contribution in [3.8, 4) is 11.3 Å². The number of benzene rings is 1. The second-order valence-electron chi connectivity index (χ2n) is 4.74. The molecule has 0 amide bonds. The number of aromatic nitrogens is 1. The molecule has 0 aliphatic carbocycles. The van der Waals surface area contributed by atoms with Gasteiger partial charge in [0.2, 0.25) is 0 Å². The second kappa shape index (κ2) is 5.35. The van der Waals surface area contributed by atoms with Gasteiger partial charge in [-0.25, -0.2) is 13.8 Å². The maximum absolute atomic E-state index is 13.7. The molecule has 0 radical (unpaired) electrons. The smallest absolute Gasteiger partial charge is 0.132 e. The van der Waals surface area contributed by atoms with E-state index < -0.39 is 11.6 Å². The second-order valence-corrected chi connectivity index (χ2v) is 5.63. The molecule has 1 fully saturated rings. The van der Waals surface area contributed by atoms with Crippen molar-refractivity contribution in [1.29, 1.82) is 0 Å². The molecule has 1 aromatic heterocycles. The zero-order valence-electron chi connectivity index (χ0n) is 10.3. The van der Waals surface area contributed by atoms with Gasteiger partial charge in [0.05, 0.1) is 10.7 Å². The third kappa shape index (κ3) is 2.67. The van der Waals surface area contributed by atoms with E-state index in [0.717, 1.165) is 43.1 Å². The Morgan fingerprint density at radius 2 is 2.21 bits per heavy atom.